The molecule has 1 aromatic heterocycles. The standard InChI is InChI=1S/C19H18N2O4/c1-24-19(23)13-6-5-7-15(10-13)20-18(22)11-14-12-21(25-2)17-9-4-3-8-16(14)17/h3-10,12H,11H2,1-2H3,(H,20,22). The largest absolute Gasteiger partial charge is 0.465 e. The van der Waals surface area contributed by atoms with E-state index in [1.54, 1.807) is 42.3 Å². The van der Waals surface area contributed by atoms with Gasteiger partial charge in [0.15, 0.2) is 0 Å². The van der Waals surface area contributed by atoms with Crippen molar-refractivity contribution < 1.29 is 19.2 Å². The average Bonchev–Trinajstić information content (AvgIpc) is 2.99. The molecule has 0 aliphatic heterocycles. The Bertz CT molecular complexity index is 930. The number of hydrogen-bond acceptors (Lipinski definition) is 4. The van der Waals surface area contributed by atoms with Crippen LogP contribution in [-0.2, 0) is 16.0 Å². The number of rotatable bonds is 5. The molecule has 0 bridgehead atoms. The van der Waals surface area contributed by atoms with Crippen LogP contribution in [0.25, 0.3) is 10.9 Å². The van der Waals surface area contributed by atoms with Crippen LogP contribution in [0.15, 0.2) is 54.7 Å². The zero-order valence-electron chi connectivity index (χ0n) is 14.0. The highest BCUT2D eigenvalue weighted by molar-refractivity contribution is 5.97. The summed E-state index contributed by atoms with van der Waals surface area (Å²) in [6, 6.07) is 14.4. The molecule has 0 radical (unpaired) electrons. The van der Waals surface area contributed by atoms with Crippen LogP contribution in [0.5, 0.6) is 0 Å². The van der Waals surface area contributed by atoms with Gasteiger partial charge in [0.1, 0.15) is 7.11 Å². The number of nitrogens with one attached hydrogen (secondary N) is 1. The number of anilines is 1. The maximum atomic E-state index is 12.4. The van der Waals surface area contributed by atoms with E-state index < -0.39 is 5.97 Å². The smallest absolute Gasteiger partial charge is 0.337 e. The van der Waals surface area contributed by atoms with Crippen molar-refractivity contribution in [1.82, 2.24) is 4.73 Å². The molecule has 0 atom stereocenters. The molecule has 0 spiro atoms. The summed E-state index contributed by atoms with van der Waals surface area (Å²) in [5, 5.41) is 3.77. The van der Waals surface area contributed by atoms with Gasteiger partial charge in [0, 0.05) is 17.3 Å². The second-order valence-corrected chi connectivity index (χ2v) is 5.48. The Morgan fingerprint density at radius 2 is 1.88 bits per heavy atom. The number of hydrogen-bond donors (Lipinski definition) is 1. The van der Waals surface area contributed by atoms with E-state index >= 15 is 0 Å². The molecule has 0 saturated carbocycles. The number of para-hydroxylation sites is 1. The first-order valence-corrected chi connectivity index (χ1v) is 7.74. The SMILES string of the molecule is COC(=O)c1cccc(NC(=O)Cc2cn(OC)c3ccccc23)c1. The number of nitrogens with zero attached hydrogens (tertiary/aromatic N) is 1. The molecule has 128 valence electrons. The lowest BCUT2D eigenvalue weighted by atomic mass is 10.1. The van der Waals surface area contributed by atoms with Gasteiger partial charge in [-0.05, 0) is 29.8 Å². The number of carbonyl (C=O) groups excluding carboxylic acids is 2. The minimum Gasteiger partial charge on any atom is -0.465 e. The summed E-state index contributed by atoms with van der Waals surface area (Å²) in [7, 11) is 2.90. The number of ether oxygens (including phenoxy) is 1. The summed E-state index contributed by atoms with van der Waals surface area (Å²) in [6.07, 6.45) is 1.99. The van der Waals surface area contributed by atoms with Crippen LogP contribution >= 0.6 is 0 Å². The highest BCUT2D eigenvalue weighted by Crippen LogP contribution is 2.21. The van der Waals surface area contributed by atoms with E-state index in [0.717, 1.165) is 16.5 Å². The van der Waals surface area contributed by atoms with Crippen molar-refractivity contribution in [3.63, 3.8) is 0 Å². The molecule has 2 aromatic carbocycles. The number of amides is 1. The van der Waals surface area contributed by atoms with Crippen LogP contribution < -0.4 is 10.2 Å². The van der Waals surface area contributed by atoms with Crippen LogP contribution in [0, 0.1) is 0 Å². The third-order valence-electron chi connectivity index (χ3n) is 3.88. The first kappa shape index (κ1) is 16.6. The zero-order chi connectivity index (χ0) is 17.8. The first-order chi connectivity index (χ1) is 12.1. The quantitative estimate of drug-likeness (QED) is 0.726. The summed E-state index contributed by atoms with van der Waals surface area (Å²) in [5.74, 6) is -0.625. The predicted molar refractivity (Wildman–Crippen MR) is 94.6 cm³/mol. The Morgan fingerprint density at radius 1 is 1.08 bits per heavy atom. The summed E-state index contributed by atoms with van der Waals surface area (Å²) in [5.41, 5.74) is 2.69. The molecule has 0 saturated heterocycles. The fourth-order valence-electron chi connectivity index (χ4n) is 2.73. The molecule has 3 aromatic rings. The second kappa shape index (κ2) is 7.09. The van der Waals surface area contributed by atoms with E-state index in [4.69, 9.17) is 4.84 Å². The van der Waals surface area contributed by atoms with E-state index in [9.17, 15) is 9.59 Å². The lowest BCUT2D eigenvalue weighted by molar-refractivity contribution is -0.115. The van der Waals surface area contributed by atoms with Gasteiger partial charge in [-0.1, -0.05) is 24.3 Å². The number of methoxy groups -OCH3 is 1. The molecular formula is C19H18N2O4. The highest BCUT2D eigenvalue weighted by atomic mass is 16.6. The van der Waals surface area contributed by atoms with Crippen LogP contribution in [0.2, 0.25) is 0 Å². The Hall–Kier alpha value is -3.28. The minimum absolute atomic E-state index is 0.180. The topological polar surface area (TPSA) is 69.6 Å². The lowest BCUT2D eigenvalue weighted by Crippen LogP contribution is -2.15. The van der Waals surface area contributed by atoms with Crippen molar-refractivity contribution in [3.05, 3.63) is 65.9 Å². The fraction of sp³-hybridized carbons (Fsp3) is 0.158. The molecule has 25 heavy (non-hydrogen) atoms. The number of benzene rings is 2. The zero-order valence-corrected chi connectivity index (χ0v) is 14.0. The van der Waals surface area contributed by atoms with E-state index in [1.165, 1.54) is 7.11 Å². The Balaban J connectivity index is 1.79. The third kappa shape index (κ3) is 3.47. The number of esters is 1. The first-order valence-electron chi connectivity index (χ1n) is 7.74. The lowest BCUT2D eigenvalue weighted by Gasteiger charge is -2.06. The van der Waals surface area contributed by atoms with Crippen molar-refractivity contribution in [2.45, 2.75) is 6.42 Å². The summed E-state index contributed by atoms with van der Waals surface area (Å²) >= 11 is 0. The van der Waals surface area contributed by atoms with E-state index in [0.29, 0.717) is 11.3 Å². The third-order valence-corrected chi connectivity index (χ3v) is 3.88. The van der Waals surface area contributed by atoms with E-state index in [2.05, 4.69) is 10.1 Å². The van der Waals surface area contributed by atoms with Crippen LogP contribution in [0.1, 0.15) is 15.9 Å². The molecule has 3 rings (SSSR count). The van der Waals surface area contributed by atoms with Crippen molar-refractivity contribution in [3.8, 4) is 0 Å². The maximum Gasteiger partial charge on any atom is 0.337 e. The number of fused-ring (bicyclic) bond motifs is 1. The minimum atomic E-state index is -0.445. The van der Waals surface area contributed by atoms with Crippen molar-refractivity contribution in [2.24, 2.45) is 0 Å². The number of carbonyl (C=O) groups is 2. The molecule has 1 heterocycles. The Morgan fingerprint density at radius 3 is 2.64 bits per heavy atom. The molecule has 0 aliphatic carbocycles. The van der Waals surface area contributed by atoms with Crippen LogP contribution in [0.4, 0.5) is 5.69 Å². The monoisotopic (exact) mass is 338 g/mol. The molecule has 0 aliphatic rings. The highest BCUT2D eigenvalue weighted by Gasteiger charge is 2.13. The Labute approximate surface area is 144 Å². The van der Waals surface area contributed by atoms with E-state index in [1.807, 2.05) is 24.3 Å². The molecule has 0 fully saturated rings. The van der Waals surface area contributed by atoms with Gasteiger partial charge < -0.3 is 14.9 Å². The summed E-state index contributed by atoms with van der Waals surface area (Å²) in [4.78, 5) is 29.3. The van der Waals surface area contributed by atoms with Gasteiger partial charge in [0.2, 0.25) is 5.91 Å². The maximum absolute atomic E-state index is 12.4. The van der Waals surface area contributed by atoms with Crippen molar-refractivity contribution in [2.75, 3.05) is 19.5 Å². The van der Waals surface area contributed by atoms with Crippen LogP contribution in [0.3, 0.4) is 0 Å². The van der Waals surface area contributed by atoms with Crippen molar-refractivity contribution in [1.29, 1.82) is 0 Å². The predicted octanol–water partition coefficient (Wildman–Crippen LogP) is 2.67. The molecule has 1 amide bonds. The fourth-order valence-corrected chi connectivity index (χ4v) is 2.73. The molecule has 6 nitrogen and oxygen atoms in total. The average molecular weight is 338 g/mol. The molecular weight excluding hydrogens is 320 g/mol. The molecule has 6 heteroatoms. The van der Waals surface area contributed by atoms with Gasteiger partial charge in [0.25, 0.3) is 0 Å². The summed E-state index contributed by atoms with van der Waals surface area (Å²) < 4.78 is 6.32. The summed E-state index contributed by atoms with van der Waals surface area (Å²) in [6.45, 7) is 0. The second-order valence-electron chi connectivity index (χ2n) is 5.48. The van der Waals surface area contributed by atoms with Gasteiger partial charge in [-0.2, -0.15) is 4.73 Å². The molecule has 0 unspecified atom stereocenters. The molecule has 1 N–H and O–H groups in total. The van der Waals surface area contributed by atoms with Gasteiger partial charge in [-0.3, -0.25) is 4.79 Å². The van der Waals surface area contributed by atoms with Crippen LogP contribution in [-0.4, -0.2) is 30.8 Å². The Kier molecular flexibility index (Phi) is 4.70. The number of aromatic nitrogens is 1. The van der Waals surface area contributed by atoms with Crippen molar-refractivity contribution >= 4 is 28.5 Å². The normalized spacial score (nSPS) is 10.5. The van der Waals surface area contributed by atoms with Gasteiger partial charge in [-0.25, -0.2) is 4.79 Å². The van der Waals surface area contributed by atoms with E-state index in [-0.39, 0.29) is 12.3 Å². The van der Waals surface area contributed by atoms with Gasteiger partial charge >= 0.3 is 5.97 Å². The van der Waals surface area contributed by atoms with Gasteiger partial charge in [0.05, 0.1) is 24.6 Å². The van der Waals surface area contributed by atoms with Gasteiger partial charge in [-0.15, -0.1) is 0 Å².